The average Bonchev–Trinajstić information content (AvgIpc) is 2.27. The fraction of sp³-hybridized carbons (Fsp3) is 0.800. The lowest BCUT2D eigenvalue weighted by Crippen LogP contribution is -2.16. The third kappa shape index (κ3) is 10.7. The highest BCUT2D eigenvalue weighted by molar-refractivity contribution is 7.58. The minimum atomic E-state index is -3.94. The summed E-state index contributed by atoms with van der Waals surface area (Å²) in [5.74, 6) is 0.0648. The molecule has 0 spiro atoms. The van der Waals surface area contributed by atoms with Gasteiger partial charge in [0.1, 0.15) is 12.6 Å². The Morgan fingerprint density at radius 2 is 1.89 bits per heavy atom. The van der Waals surface area contributed by atoms with Crippen molar-refractivity contribution in [1.29, 1.82) is 0 Å². The second-order valence-electron chi connectivity index (χ2n) is 3.12. The third-order valence-corrected chi connectivity index (χ3v) is 2.46. The lowest BCUT2D eigenvalue weighted by molar-refractivity contribution is -0.149. The van der Waals surface area contributed by atoms with Gasteiger partial charge in [0.2, 0.25) is 0 Å². The van der Waals surface area contributed by atoms with Crippen LogP contribution < -0.4 is 0 Å². The Morgan fingerprint density at radius 1 is 1.33 bits per heavy atom. The molecule has 8 heteroatoms. The van der Waals surface area contributed by atoms with Crippen LogP contribution in [0.5, 0.6) is 0 Å². The van der Waals surface area contributed by atoms with Gasteiger partial charge in [-0.1, -0.05) is 28.7 Å². The lowest BCUT2D eigenvalue weighted by atomic mass is 10.1. The Bertz CT molecular complexity index is 261. The first-order valence-electron chi connectivity index (χ1n) is 4.73. The number of rotatable bonds is 7. The molecule has 0 aliphatic rings. The monoisotopic (exact) mass is 288 g/mol. The van der Waals surface area contributed by atoms with E-state index in [0.29, 0.717) is 12.4 Å². The molecule has 0 fully saturated rings. The Hall–Kier alpha value is -0.430. The number of hydrogen-bond acceptors (Lipinski definition) is 7. The standard InChI is InChI=1S/C8H17O7P.2CH4/c1-3-7(2)8(9)14-5-4-13-6-16(11,12)15-10;;/h6-7,10-12H,3-5H2,1-2H3;2*1H4. The van der Waals surface area contributed by atoms with Crippen molar-refractivity contribution in [3.63, 3.8) is 0 Å². The van der Waals surface area contributed by atoms with Gasteiger partial charge in [0, 0.05) is 0 Å². The Labute approximate surface area is 108 Å². The van der Waals surface area contributed by atoms with Crippen LogP contribution in [0.3, 0.4) is 0 Å². The SMILES string of the molecule is C.C.CCC(C)C(=O)OCCOC=P(O)(O)OO. The molecule has 1 atom stereocenters. The summed E-state index contributed by atoms with van der Waals surface area (Å²) in [6, 6.07) is 0. The first-order valence-corrected chi connectivity index (χ1v) is 6.41. The molecule has 0 heterocycles. The fourth-order valence-electron chi connectivity index (χ4n) is 0.668. The van der Waals surface area contributed by atoms with Crippen molar-refractivity contribution in [2.75, 3.05) is 13.2 Å². The van der Waals surface area contributed by atoms with Crippen molar-refractivity contribution >= 4 is 19.5 Å². The van der Waals surface area contributed by atoms with Crippen LogP contribution in [0.4, 0.5) is 0 Å². The summed E-state index contributed by atoms with van der Waals surface area (Å²) in [5, 5.41) is 8.00. The van der Waals surface area contributed by atoms with Gasteiger partial charge in [-0.05, 0) is 6.42 Å². The first-order chi connectivity index (χ1) is 7.43. The molecule has 0 aromatic heterocycles. The predicted molar refractivity (Wildman–Crippen MR) is 71.0 cm³/mol. The van der Waals surface area contributed by atoms with Crippen LogP contribution in [0.15, 0.2) is 0 Å². The van der Waals surface area contributed by atoms with Gasteiger partial charge in [0.15, 0.2) is 0 Å². The molecule has 0 radical (unpaired) electrons. The van der Waals surface area contributed by atoms with Gasteiger partial charge in [0.05, 0.1) is 12.5 Å². The van der Waals surface area contributed by atoms with Crippen LogP contribution in [0.2, 0.25) is 0 Å². The van der Waals surface area contributed by atoms with E-state index in [9.17, 15) is 4.79 Å². The van der Waals surface area contributed by atoms with Crippen molar-refractivity contribution in [3.8, 4) is 0 Å². The van der Waals surface area contributed by atoms with Crippen LogP contribution in [0.1, 0.15) is 35.1 Å². The minimum Gasteiger partial charge on any atom is -0.463 e. The summed E-state index contributed by atoms with van der Waals surface area (Å²) >= 11 is 0. The van der Waals surface area contributed by atoms with Crippen molar-refractivity contribution in [2.45, 2.75) is 35.1 Å². The number of carbonyl (C=O) groups excluding carboxylic acids is 1. The van der Waals surface area contributed by atoms with E-state index in [-0.39, 0.29) is 40.0 Å². The summed E-state index contributed by atoms with van der Waals surface area (Å²) in [5.41, 5.74) is 0. The molecule has 18 heavy (non-hydrogen) atoms. The number of carbonyl (C=O) groups is 1. The molecule has 0 amide bonds. The maximum absolute atomic E-state index is 11.1. The topological polar surface area (TPSA) is 105 Å². The van der Waals surface area contributed by atoms with Gasteiger partial charge < -0.3 is 19.3 Å². The fourth-order valence-corrected chi connectivity index (χ4v) is 1.01. The second-order valence-corrected chi connectivity index (χ2v) is 4.68. The first kappa shape index (κ1) is 22.7. The molecule has 0 aromatic carbocycles. The second kappa shape index (κ2) is 11.6. The molecule has 112 valence electrons. The van der Waals surface area contributed by atoms with Crippen molar-refractivity contribution < 1.29 is 34.0 Å². The maximum atomic E-state index is 11.1. The Balaban J connectivity index is -0.00000112. The zero-order valence-corrected chi connectivity index (χ0v) is 10.1. The van der Waals surface area contributed by atoms with Crippen LogP contribution in [-0.4, -0.2) is 40.2 Å². The molecule has 0 saturated heterocycles. The van der Waals surface area contributed by atoms with Gasteiger partial charge >= 0.3 is 13.5 Å². The van der Waals surface area contributed by atoms with Gasteiger partial charge in [-0.3, -0.25) is 4.79 Å². The van der Waals surface area contributed by atoms with E-state index in [1.54, 1.807) is 6.92 Å². The molecule has 0 saturated carbocycles. The van der Waals surface area contributed by atoms with Crippen LogP contribution in [0, 0.1) is 5.92 Å². The van der Waals surface area contributed by atoms with E-state index in [0.717, 1.165) is 0 Å². The van der Waals surface area contributed by atoms with E-state index >= 15 is 0 Å². The summed E-state index contributed by atoms with van der Waals surface area (Å²) in [4.78, 5) is 28.7. The van der Waals surface area contributed by atoms with E-state index in [2.05, 4.69) is 9.41 Å². The lowest BCUT2D eigenvalue weighted by Gasteiger charge is -2.09. The smallest absolute Gasteiger partial charge is 0.308 e. The van der Waals surface area contributed by atoms with E-state index in [1.165, 1.54) is 0 Å². The molecular weight excluding hydrogens is 263 g/mol. The molecule has 0 aliphatic carbocycles. The normalized spacial score (nSPS) is 11.8. The molecule has 3 N–H and O–H groups in total. The predicted octanol–water partition coefficient (Wildman–Crippen LogP) is 1.86. The molecule has 0 aromatic rings. The van der Waals surface area contributed by atoms with Crippen LogP contribution in [-0.2, 0) is 18.9 Å². The number of ether oxygens (including phenoxy) is 2. The summed E-state index contributed by atoms with van der Waals surface area (Å²) in [7, 11) is -3.94. The Kier molecular flexibility index (Phi) is 14.7. The van der Waals surface area contributed by atoms with Gasteiger partial charge in [-0.15, -0.1) is 0 Å². The Morgan fingerprint density at radius 3 is 2.33 bits per heavy atom. The average molecular weight is 288 g/mol. The summed E-state index contributed by atoms with van der Waals surface area (Å²) < 4.78 is 12.8. The highest BCUT2D eigenvalue weighted by atomic mass is 31.2. The van der Waals surface area contributed by atoms with E-state index in [1.807, 2.05) is 6.92 Å². The van der Waals surface area contributed by atoms with Gasteiger partial charge in [-0.25, -0.2) is 5.26 Å². The molecular formula is C10H25O7P. The van der Waals surface area contributed by atoms with E-state index in [4.69, 9.17) is 19.8 Å². The molecule has 0 aliphatic heterocycles. The molecule has 7 nitrogen and oxygen atoms in total. The van der Waals surface area contributed by atoms with Crippen molar-refractivity contribution in [3.05, 3.63) is 0 Å². The number of hydrogen-bond donors (Lipinski definition) is 3. The summed E-state index contributed by atoms with van der Waals surface area (Å²) in [6.45, 7) is 3.55. The van der Waals surface area contributed by atoms with Crippen LogP contribution >= 0.6 is 7.57 Å². The van der Waals surface area contributed by atoms with Crippen LogP contribution in [0.25, 0.3) is 0 Å². The largest absolute Gasteiger partial charge is 0.463 e. The summed E-state index contributed by atoms with van der Waals surface area (Å²) in [6.07, 6.45) is 0.687. The number of esters is 1. The van der Waals surface area contributed by atoms with E-state index < -0.39 is 7.57 Å². The quantitative estimate of drug-likeness (QED) is 0.216. The third-order valence-electron chi connectivity index (χ3n) is 1.79. The molecule has 1 unspecified atom stereocenters. The van der Waals surface area contributed by atoms with Gasteiger partial charge in [-0.2, -0.15) is 4.67 Å². The highest BCUT2D eigenvalue weighted by Crippen LogP contribution is 2.35. The maximum Gasteiger partial charge on any atom is 0.308 e. The highest BCUT2D eigenvalue weighted by Gasteiger charge is 2.12. The van der Waals surface area contributed by atoms with Crippen molar-refractivity contribution in [1.82, 2.24) is 0 Å². The minimum absolute atomic E-state index is 0. The zero-order valence-electron chi connectivity index (χ0n) is 9.20. The zero-order chi connectivity index (χ0) is 12.6. The van der Waals surface area contributed by atoms with Gasteiger partial charge in [0.25, 0.3) is 0 Å². The molecule has 0 bridgehead atoms. The van der Waals surface area contributed by atoms with Crippen molar-refractivity contribution in [2.24, 2.45) is 5.92 Å². The molecule has 0 rings (SSSR count).